The maximum Gasteiger partial charge on any atom is 0.0561 e. The van der Waals surface area contributed by atoms with Crippen molar-refractivity contribution in [3.63, 3.8) is 0 Å². The van der Waals surface area contributed by atoms with E-state index in [1.54, 1.807) is 32.6 Å². The van der Waals surface area contributed by atoms with Crippen LogP contribution in [-0.2, 0) is 25.7 Å². The van der Waals surface area contributed by atoms with Gasteiger partial charge < -0.3 is 0 Å². The van der Waals surface area contributed by atoms with Gasteiger partial charge >= 0.3 is 145 Å². The molecule has 0 bridgehead atoms. The first-order chi connectivity index (χ1) is 19.0. The molecule has 0 unspecified atom stereocenters. The monoisotopic (exact) mass is 682 g/mol. The van der Waals surface area contributed by atoms with E-state index in [0.29, 0.717) is 20.2 Å². The second kappa shape index (κ2) is 17.4. The second-order valence-corrected chi connectivity index (χ2v) is 29.3. The van der Waals surface area contributed by atoms with Crippen LogP contribution in [0.3, 0.4) is 0 Å². The summed E-state index contributed by atoms with van der Waals surface area (Å²) in [5, 5.41) is 5.53. The van der Waals surface area contributed by atoms with Gasteiger partial charge in [-0.15, -0.1) is 0 Å². The van der Waals surface area contributed by atoms with E-state index in [-0.39, 0.29) is 17.6 Å². The van der Waals surface area contributed by atoms with E-state index in [4.69, 9.17) is 0 Å². The molecule has 0 aliphatic carbocycles. The Morgan fingerprint density at radius 2 is 0.643 bits per heavy atom. The maximum atomic E-state index is 2.51. The zero-order chi connectivity index (χ0) is 33.3. The smallest absolute Gasteiger partial charge is 0.0561 e. The molecule has 0 atom stereocenters. The van der Waals surface area contributed by atoms with E-state index >= 15 is 0 Å². The van der Waals surface area contributed by atoms with Crippen molar-refractivity contribution in [1.82, 2.24) is 0 Å². The van der Waals surface area contributed by atoms with Gasteiger partial charge in [-0.1, -0.05) is 96.2 Å². The topological polar surface area (TPSA) is 0 Å². The van der Waals surface area contributed by atoms with Gasteiger partial charge in [-0.2, -0.15) is 0 Å². The van der Waals surface area contributed by atoms with Gasteiger partial charge in [-0.3, -0.25) is 0 Å². The van der Waals surface area contributed by atoms with Gasteiger partial charge in [0.1, 0.15) is 0 Å². The van der Waals surface area contributed by atoms with E-state index in [9.17, 15) is 0 Å². The predicted octanol–water partition coefficient (Wildman–Crippen LogP) is 10.6. The summed E-state index contributed by atoms with van der Waals surface area (Å²) in [4.78, 5) is 0. The summed E-state index contributed by atoms with van der Waals surface area (Å²) in [6.07, 6.45) is 4.56. The molecule has 0 fully saturated rings. The van der Waals surface area contributed by atoms with Crippen molar-refractivity contribution in [3.8, 4) is 0 Å². The van der Waals surface area contributed by atoms with Gasteiger partial charge in [0.2, 0.25) is 0 Å². The molecule has 236 valence electrons. The third-order valence-electron chi connectivity index (χ3n) is 9.00. The molecular weight excluding hydrogens is 613 g/mol. The average Bonchev–Trinajstić information content (AvgIpc) is 2.89. The summed E-state index contributed by atoms with van der Waals surface area (Å²) in [5.74, 6) is 0. The fourth-order valence-electron chi connectivity index (χ4n) is 5.50. The van der Waals surface area contributed by atoms with Crippen molar-refractivity contribution < 1.29 is 0 Å². The van der Waals surface area contributed by atoms with Crippen LogP contribution in [0.2, 0.25) is 33.2 Å². The molecule has 0 aromatic heterocycles. The first-order valence-corrected chi connectivity index (χ1v) is 25.1. The Morgan fingerprint density at radius 1 is 0.452 bits per heavy atom. The third kappa shape index (κ3) is 12.9. The number of hydrogen-bond donors (Lipinski definition) is 0. The van der Waals surface area contributed by atoms with Gasteiger partial charge in [0.05, 0.1) is 17.6 Å². The van der Waals surface area contributed by atoms with Crippen molar-refractivity contribution >= 4 is 50.2 Å². The van der Waals surface area contributed by atoms with Crippen LogP contribution in [-0.4, -0.2) is 39.8 Å². The molecule has 4 radical (unpaired) electrons. The van der Waals surface area contributed by atoms with Crippen molar-refractivity contribution in [1.29, 1.82) is 0 Å². The fourth-order valence-corrected chi connectivity index (χ4v) is 16.6. The molecule has 0 spiro atoms. The Kier molecular flexibility index (Phi) is 17.2. The number of hydrogen-bond acceptors (Lipinski definition) is 0. The molecule has 0 aliphatic heterocycles. The predicted molar refractivity (Wildman–Crippen MR) is 203 cm³/mol. The Hall–Kier alpha value is -0.366. The van der Waals surface area contributed by atoms with Gasteiger partial charge in [0.25, 0.3) is 0 Å². The summed E-state index contributed by atoms with van der Waals surface area (Å²) in [6, 6.07) is 13.8. The maximum absolute atomic E-state index is 2.51. The van der Waals surface area contributed by atoms with E-state index in [2.05, 4.69) is 176 Å². The number of benzene rings is 2. The van der Waals surface area contributed by atoms with E-state index in [1.807, 2.05) is 0 Å². The number of aryl methyl sites for hydroxylation is 4. The first kappa shape index (κ1) is 41.6. The van der Waals surface area contributed by atoms with Crippen LogP contribution in [0.25, 0.3) is 0 Å². The normalized spacial score (nSPS) is 12.5. The Balaban J connectivity index is 0.000000702. The zero-order valence-electron chi connectivity index (χ0n) is 31.3. The second-order valence-electron chi connectivity index (χ2n) is 15.9. The summed E-state index contributed by atoms with van der Waals surface area (Å²) in [7, 11) is -0.441. The molecule has 0 aliphatic rings. The minimum absolute atomic E-state index is 0.221. The van der Waals surface area contributed by atoms with Gasteiger partial charge in [-0.25, -0.2) is 0 Å². The van der Waals surface area contributed by atoms with Crippen molar-refractivity contribution in [2.24, 2.45) is 0 Å². The number of rotatable bonds is 6. The standard InChI is InChI=1S/C20H26GeSi.2C9H21Si/c1-5-15-11-9-12-16(6-2)19(15)22(21)20-17(7-3)13-10-14-18(20)8-4;2*1-8(2,3)10(7)9(4,5)6/h9-14H,5-8H2,1-4H3;2*1-7H3. The largest absolute Gasteiger partial charge is 0.0703 e. The van der Waals surface area contributed by atoms with E-state index in [0.717, 1.165) is 25.7 Å². The van der Waals surface area contributed by atoms with E-state index < -0.39 is 6.86 Å². The summed E-state index contributed by atoms with van der Waals surface area (Å²) in [5.41, 5.74) is 6.24. The van der Waals surface area contributed by atoms with Gasteiger partial charge in [0, 0.05) is 0 Å². The van der Waals surface area contributed by atoms with Crippen LogP contribution in [0, 0.1) is 0 Å². The molecular formula is C38H68GeSi3. The van der Waals surface area contributed by atoms with Crippen molar-refractivity contribution in [2.75, 3.05) is 0 Å². The van der Waals surface area contributed by atoms with Crippen molar-refractivity contribution in [2.45, 2.75) is 170 Å². The zero-order valence-corrected chi connectivity index (χ0v) is 36.4. The molecule has 0 N–H and O–H groups in total. The molecule has 42 heavy (non-hydrogen) atoms. The van der Waals surface area contributed by atoms with E-state index in [1.165, 1.54) is 0 Å². The Bertz CT molecular complexity index is 945. The minimum atomic E-state index is -0.712. The third-order valence-corrected chi connectivity index (χ3v) is 23.4. The van der Waals surface area contributed by atoms with Crippen LogP contribution >= 0.6 is 0 Å². The molecule has 0 amide bonds. The SMILES string of the molecule is CCc1cccc(CC)c1[Si](=[Ge])c1c(CC)cccc1CC.C[Si](C(C)(C)C)C(C)(C)C.C[Si](C(C)(C)C)C(C)(C)C. The summed E-state index contributed by atoms with van der Waals surface area (Å²) in [6.45, 7) is 41.6. The molecule has 0 saturated heterocycles. The Morgan fingerprint density at radius 3 is 0.762 bits per heavy atom. The molecule has 0 heterocycles. The molecule has 2 rings (SSSR count). The Labute approximate surface area is 277 Å². The average molecular weight is 682 g/mol. The quantitative estimate of drug-likeness (QED) is 0.266. The van der Waals surface area contributed by atoms with Crippen LogP contribution < -0.4 is 10.4 Å². The molecule has 4 heteroatoms. The molecule has 2 aromatic rings. The first-order valence-electron chi connectivity index (χ1n) is 16.5. The molecule has 0 saturated carbocycles. The fraction of sp³-hybridized carbons (Fsp3) is 0.684. The summed E-state index contributed by atoms with van der Waals surface area (Å²) >= 11 is 2.51. The molecule has 2 aromatic carbocycles. The van der Waals surface area contributed by atoms with Crippen LogP contribution in [0.5, 0.6) is 0 Å². The minimum Gasteiger partial charge on any atom is -0.0703 e. The van der Waals surface area contributed by atoms with Crippen LogP contribution in [0.4, 0.5) is 0 Å². The van der Waals surface area contributed by atoms with Crippen LogP contribution in [0.1, 0.15) is 133 Å². The van der Waals surface area contributed by atoms with Gasteiger partial charge in [0.15, 0.2) is 0 Å². The molecule has 0 nitrogen and oxygen atoms in total. The van der Waals surface area contributed by atoms with Crippen LogP contribution in [0.15, 0.2) is 36.4 Å². The van der Waals surface area contributed by atoms with Crippen molar-refractivity contribution in [3.05, 3.63) is 58.7 Å². The van der Waals surface area contributed by atoms with Gasteiger partial charge in [-0.05, 0) is 20.2 Å². The summed E-state index contributed by atoms with van der Waals surface area (Å²) < 4.78 is 0.